The predicted molar refractivity (Wildman–Crippen MR) is 64.8 cm³/mol. The molecule has 1 saturated carbocycles. The van der Waals surface area contributed by atoms with Crippen LogP contribution in [-0.4, -0.2) is 36.0 Å². The standard InChI is InChI=1S/C12H20N2O4/c1-12(2,11(17)18)7-9(15)13-5-6-14-10(16)8-3-4-8/h8H,3-7H2,1-2H3,(H,13,15)(H,14,16)(H,17,18). The van der Waals surface area contributed by atoms with Gasteiger partial charge in [-0.3, -0.25) is 14.4 Å². The van der Waals surface area contributed by atoms with Gasteiger partial charge in [-0.2, -0.15) is 0 Å². The highest BCUT2D eigenvalue weighted by atomic mass is 16.4. The van der Waals surface area contributed by atoms with E-state index < -0.39 is 11.4 Å². The molecule has 1 aliphatic carbocycles. The number of carbonyl (C=O) groups excluding carboxylic acids is 2. The zero-order valence-electron chi connectivity index (χ0n) is 10.8. The first kappa shape index (κ1) is 14.5. The number of hydrogen-bond acceptors (Lipinski definition) is 3. The van der Waals surface area contributed by atoms with E-state index in [1.54, 1.807) is 0 Å². The van der Waals surface area contributed by atoms with Gasteiger partial charge < -0.3 is 15.7 Å². The van der Waals surface area contributed by atoms with Crippen molar-refractivity contribution in [3.05, 3.63) is 0 Å². The molecule has 18 heavy (non-hydrogen) atoms. The van der Waals surface area contributed by atoms with Gasteiger partial charge >= 0.3 is 5.97 Å². The summed E-state index contributed by atoms with van der Waals surface area (Å²) in [6, 6.07) is 0. The van der Waals surface area contributed by atoms with Gasteiger partial charge in [0.1, 0.15) is 0 Å². The Morgan fingerprint density at radius 2 is 1.72 bits per heavy atom. The van der Waals surface area contributed by atoms with Crippen molar-refractivity contribution in [3.8, 4) is 0 Å². The fraction of sp³-hybridized carbons (Fsp3) is 0.750. The maximum atomic E-state index is 11.5. The molecule has 6 heteroatoms. The van der Waals surface area contributed by atoms with Gasteiger partial charge in [0.2, 0.25) is 11.8 Å². The van der Waals surface area contributed by atoms with Crippen molar-refractivity contribution in [1.29, 1.82) is 0 Å². The molecular weight excluding hydrogens is 236 g/mol. The van der Waals surface area contributed by atoms with Crippen LogP contribution in [0.4, 0.5) is 0 Å². The molecule has 1 aliphatic rings. The van der Waals surface area contributed by atoms with Gasteiger partial charge in [-0.05, 0) is 26.7 Å². The van der Waals surface area contributed by atoms with Crippen LogP contribution >= 0.6 is 0 Å². The van der Waals surface area contributed by atoms with Crippen molar-refractivity contribution in [1.82, 2.24) is 10.6 Å². The van der Waals surface area contributed by atoms with Crippen molar-refractivity contribution < 1.29 is 19.5 Å². The number of nitrogens with one attached hydrogen (secondary N) is 2. The van der Waals surface area contributed by atoms with E-state index in [0.717, 1.165) is 12.8 Å². The molecule has 6 nitrogen and oxygen atoms in total. The van der Waals surface area contributed by atoms with Gasteiger partial charge in [0.05, 0.1) is 5.41 Å². The van der Waals surface area contributed by atoms with Gasteiger partial charge in [-0.25, -0.2) is 0 Å². The molecule has 0 aromatic carbocycles. The van der Waals surface area contributed by atoms with E-state index in [2.05, 4.69) is 10.6 Å². The molecule has 0 spiro atoms. The second-order valence-electron chi connectivity index (χ2n) is 5.28. The van der Waals surface area contributed by atoms with Crippen molar-refractivity contribution in [3.63, 3.8) is 0 Å². The Labute approximate surface area is 106 Å². The van der Waals surface area contributed by atoms with E-state index in [0.29, 0.717) is 13.1 Å². The lowest BCUT2D eigenvalue weighted by Crippen LogP contribution is -2.38. The highest BCUT2D eigenvalue weighted by Crippen LogP contribution is 2.28. The van der Waals surface area contributed by atoms with Gasteiger partial charge in [0.15, 0.2) is 0 Å². The first-order valence-corrected chi connectivity index (χ1v) is 6.11. The van der Waals surface area contributed by atoms with Crippen molar-refractivity contribution in [2.24, 2.45) is 11.3 Å². The van der Waals surface area contributed by atoms with Crippen LogP contribution in [0.1, 0.15) is 33.1 Å². The zero-order valence-corrected chi connectivity index (χ0v) is 10.8. The maximum absolute atomic E-state index is 11.5. The van der Waals surface area contributed by atoms with Crippen LogP contribution in [-0.2, 0) is 14.4 Å². The van der Waals surface area contributed by atoms with Gasteiger partial charge in [0.25, 0.3) is 0 Å². The second kappa shape index (κ2) is 5.84. The van der Waals surface area contributed by atoms with Crippen LogP contribution in [0.25, 0.3) is 0 Å². The fourth-order valence-corrected chi connectivity index (χ4v) is 1.42. The molecule has 0 radical (unpaired) electrons. The van der Waals surface area contributed by atoms with Crippen LogP contribution in [0, 0.1) is 11.3 Å². The Morgan fingerprint density at radius 3 is 2.22 bits per heavy atom. The zero-order chi connectivity index (χ0) is 13.8. The van der Waals surface area contributed by atoms with Crippen molar-refractivity contribution in [2.45, 2.75) is 33.1 Å². The Morgan fingerprint density at radius 1 is 1.17 bits per heavy atom. The van der Waals surface area contributed by atoms with Crippen LogP contribution in [0.15, 0.2) is 0 Å². The topological polar surface area (TPSA) is 95.5 Å². The van der Waals surface area contributed by atoms with Gasteiger partial charge in [-0.1, -0.05) is 0 Å². The number of rotatable bonds is 7. The summed E-state index contributed by atoms with van der Waals surface area (Å²) in [5.74, 6) is -1.12. The van der Waals surface area contributed by atoms with Gasteiger partial charge in [-0.15, -0.1) is 0 Å². The number of carboxylic acid groups (broad SMARTS) is 1. The van der Waals surface area contributed by atoms with Crippen molar-refractivity contribution >= 4 is 17.8 Å². The molecule has 0 atom stereocenters. The van der Waals surface area contributed by atoms with Crippen LogP contribution in [0.2, 0.25) is 0 Å². The number of amides is 2. The first-order chi connectivity index (χ1) is 8.33. The Hall–Kier alpha value is -1.59. The van der Waals surface area contributed by atoms with Crippen molar-refractivity contribution in [2.75, 3.05) is 13.1 Å². The lowest BCUT2D eigenvalue weighted by molar-refractivity contribution is -0.149. The third kappa shape index (κ3) is 4.73. The molecule has 3 N–H and O–H groups in total. The normalized spacial score (nSPS) is 15.0. The molecule has 0 saturated heterocycles. The number of hydrogen-bond donors (Lipinski definition) is 3. The Kier molecular flexibility index (Phi) is 4.69. The molecule has 2 amide bonds. The van der Waals surface area contributed by atoms with E-state index in [1.807, 2.05) is 0 Å². The minimum atomic E-state index is -1.07. The lowest BCUT2D eigenvalue weighted by Gasteiger charge is -2.18. The highest BCUT2D eigenvalue weighted by Gasteiger charge is 2.30. The summed E-state index contributed by atoms with van der Waals surface area (Å²) in [5.41, 5.74) is -1.07. The molecule has 0 unspecified atom stereocenters. The number of carboxylic acids is 1. The summed E-state index contributed by atoms with van der Waals surface area (Å²) in [4.78, 5) is 33.6. The SMILES string of the molecule is CC(C)(CC(=O)NCCNC(=O)C1CC1)C(=O)O. The molecule has 0 aromatic rings. The average molecular weight is 256 g/mol. The summed E-state index contributed by atoms with van der Waals surface area (Å²) in [7, 11) is 0. The monoisotopic (exact) mass is 256 g/mol. The van der Waals surface area contributed by atoms with Crippen LogP contribution in [0.3, 0.4) is 0 Å². The number of aliphatic carboxylic acids is 1. The molecule has 0 heterocycles. The Balaban J connectivity index is 2.13. The summed E-state index contributed by atoms with van der Waals surface area (Å²) < 4.78 is 0. The summed E-state index contributed by atoms with van der Waals surface area (Å²) >= 11 is 0. The van der Waals surface area contributed by atoms with Gasteiger partial charge in [0, 0.05) is 25.4 Å². The van der Waals surface area contributed by atoms with E-state index in [-0.39, 0.29) is 24.2 Å². The smallest absolute Gasteiger partial charge is 0.309 e. The molecular formula is C12H20N2O4. The molecule has 0 bridgehead atoms. The minimum absolute atomic E-state index is 0.0371. The lowest BCUT2D eigenvalue weighted by atomic mass is 9.89. The molecule has 0 aromatic heterocycles. The quantitative estimate of drug-likeness (QED) is 0.564. The number of carbonyl (C=O) groups is 3. The molecule has 1 fully saturated rings. The molecule has 0 aliphatic heterocycles. The van der Waals surface area contributed by atoms with E-state index >= 15 is 0 Å². The summed E-state index contributed by atoms with van der Waals surface area (Å²) in [6.07, 6.45) is 1.83. The molecule has 1 rings (SSSR count). The molecule has 102 valence electrons. The van der Waals surface area contributed by atoms with E-state index in [1.165, 1.54) is 13.8 Å². The van der Waals surface area contributed by atoms with E-state index in [4.69, 9.17) is 5.11 Å². The minimum Gasteiger partial charge on any atom is -0.481 e. The second-order valence-corrected chi connectivity index (χ2v) is 5.28. The van der Waals surface area contributed by atoms with Crippen LogP contribution in [0.5, 0.6) is 0 Å². The average Bonchev–Trinajstić information content (AvgIpc) is 3.06. The first-order valence-electron chi connectivity index (χ1n) is 6.11. The highest BCUT2D eigenvalue weighted by molar-refractivity contribution is 5.84. The Bertz CT molecular complexity index is 348. The fourth-order valence-electron chi connectivity index (χ4n) is 1.42. The largest absolute Gasteiger partial charge is 0.481 e. The predicted octanol–water partition coefficient (Wildman–Crippen LogP) is 0.130. The third-order valence-electron chi connectivity index (χ3n) is 2.88. The summed E-state index contributed by atoms with van der Waals surface area (Å²) in [6.45, 7) is 3.72. The maximum Gasteiger partial charge on any atom is 0.309 e. The summed E-state index contributed by atoms with van der Waals surface area (Å²) in [5, 5.41) is 14.2. The third-order valence-corrected chi connectivity index (χ3v) is 2.88. The van der Waals surface area contributed by atoms with E-state index in [9.17, 15) is 14.4 Å². The van der Waals surface area contributed by atoms with Crippen LogP contribution < -0.4 is 10.6 Å².